The van der Waals surface area contributed by atoms with Gasteiger partial charge in [-0.15, -0.1) is 0 Å². The highest BCUT2D eigenvalue weighted by atomic mass is 79.9. The lowest BCUT2D eigenvalue weighted by molar-refractivity contribution is 0.112. The Morgan fingerprint density at radius 1 is 1.35 bits per heavy atom. The largest absolute Gasteiger partial charge is 0.486 e. The maximum absolute atomic E-state index is 10.7. The molecule has 0 aliphatic rings. The van der Waals surface area contributed by atoms with E-state index in [0.717, 1.165) is 5.56 Å². The van der Waals surface area contributed by atoms with Crippen LogP contribution in [0.25, 0.3) is 0 Å². The highest BCUT2D eigenvalue weighted by molar-refractivity contribution is 9.10. The molecule has 0 bridgehead atoms. The lowest BCUT2D eigenvalue weighted by Crippen LogP contribution is -1.99. The third kappa shape index (κ3) is 3.19. The van der Waals surface area contributed by atoms with Crippen LogP contribution in [0.15, 0.2) is 40.9 Å². The van der Waals surface area contributed by atoms with Crippen molar-refractivity contribution in [3.63, 3.8) is 0 Å². The Morgan fingerprint density at radius 2 is 2.10 bits per heavy atom. The summed E-state index contributed by atoms with van der Waals surface area (Å²) in [5.74, 6) is 0.449. The van der Waals surface area contributed by atoms with Crippen LogP contribution in [0.1, 0.15) is 21.5 Å². The van der Waals surface area contributed by atoms with Crippen LogP contribution >= 0.6 is 27.5 Å². The summed E-state index contributed by atoms with van der Waals surface area (Å²) in [5, 5.41) is 9.36. The van der Waals surface area contributed by atoms with Gasteiger partial charge in [0.2, 0.25) is 0 Å². The van der Waals surface area contributed by atoms with Crippen LogP contribution in [0.2, 0.25) is 5.02 Å². The van der Waals surface area contributed by atoms with Gasteiger partial charge in [-0.25, -0.2) is 0 Å². The lowest BCUT2D eigenvalue weighted by Gasteiger charge is -2.11. The third-order valence-corrected chi connectivity index (χ3v) is 3.54. The maximum atomic E-state index is 10.7. The summed E-state index contributed by atoms with van der Waals surface area (Å²) in [6, 6.07) is 12.5. The molecule has 0 aromatic heterocycles. The number of rotatable bonds is 4. The predicted octanol–water partition coefficient (Wildman–Crippen LogP) is 4.37. The summed E-state index contributed by atoms with van der Waals surface area (Å²) >= 11 is 9.39. The zero-order chi connectivity index (χ0) is 14.5. The first-order valence-corrected chi connectivity index (χ1v) is 6.88. The Morgan fingerprint density at radius 3 is 2.75 bits per heavy atom. The van der Waals surface area contributed by atoms with Crippen LogP contribution in [0, 0.1) is 11.3 Å². The molecule has 0 aliphatic carbocycles. The van der Waals surface area contributed by atoms with Gasteiger partial charge in [0, 0.05) is 11.1 Å². The molecule has 3 nitrogen and oxygen atoms in total. The summed E-state index contributed by atoms with van der Waals surface area (Å²) in [5.41, 5.74) is 1.80. The fourth-order valence-electron chi connectivity index (χ4n) is 1.69. The van der Waals surface area contributed by atoms with Crippen molar-refractivity contribution in [2.45, 2.75) is 6.61 Å². The fraction of sp³-hybridized carbons (Fsp3) is 0.0667. The first-order valence-electron chi connectivity index (χ1n) is 5.70. The second-order valence-corrected chi connectivity index (χ2v) is 5.25. The molecule has 20 heavy (non-hydrogen) atoms. The third-order valence-electron chi connectivity index (χ3n) is 2.67. The van der Waals surface area contributed by atoms with E-state index in [1.807, 2.05) is 12.1 Å². The molecular weight excluding hydrogens is 342 g/mol. The van der Waals surface area contributed by atoms with Crippen LogP contribution in [0.4, 0.5) is 0 Å². The van der Waals surface area contributed by atoms with E-state index in [1.54, 1.807) is 18.2 Å². The van der Waals surface area contributed by atoms with Crippen molar-refractivity contribution in [3.05, 3.63) is 62.6 Å². The second-order valence-electron chi connectivity index (χ2n) is 3.99. The van der Waals surface area contributed by atoms with Gasteiger partial charge in [-0.2, -0.15) is 5.26 Å². The molecule has 2 aromatic carbocycles. The van der Waals surface area contributed by atoms with E-state index in [2.05, 4.69) is 22.0 Å². The standard InChI is InChI=1S/C15H9BrClNO2/c16-13-5-10(8-19)6-14(17)15(13)20-9-12-4-2-1-3-11(12)7-18/h1-6,8H,9H2. The number of ether oxygens (including phenoxy) is 1. The van der Waals surface area contributed by atoms with Gasteiger partial charge in [-0.1, -0.05) is 29.8 Å². The van der Waals surface area contributed by atoms with Crippen molar-refractivity contribution < 1.29 is 9.53 Å². The summed E-state index contributed by atoms with van der Waals surface area (Å²) in [6.45, 7) is 0.225. The first-order chi connectivity index (χ1) is 9.65. The van der Waals surface area contributed by atoms with E-state index in [-0.39, 0.29) is 6.61 Å². The van der Waals surface area contributed by atoms with E-state index >= 15 is 0 Å². The Balaban J connectivity index is 2.24. The fourth-order valence-corrected chi connectivity index (χ4v) is 2.68. The Labute approximate surface area is 129 Å². The zero-order valence-corrected chi connectivity index (χ0v) is 12.6. The van der Waals surface area contributed by atoms with Gasteiger partial charge in [-0.3, -0.25) is 4.79 Å². The van der Waals surface area contributed by atoms with Crippen molar-refractivity contribution in [1.29, 1.82) is 5.26 Å². The number of nitrogens with zero attached hydrogens (tertiary/aromatic N) is 1. The van der Waals surface area contributed by atoms with Gasteiger partial charge in [0.05, 0.1) is 21.1 Å². The van der Waals surface area contributed by atoms with E-state index in [4.69, 9.17) is 21.6 Å². The topological polar surface area (TPSA) is 50.1 Å². The molecule has 0 spiro atoms. The Bertz CT molecular complexity index is 672. The minimum Gasteiger partial charge on any atom is -0.486 e. The van der Waals surface area contributed by atoms with E-state index < -0.39 is 0 Å². The van der Waals surface area contributed by atoms with Crippen molar-refractivity contribution in [1.82, 2.24) is 0 Å². The normalized spacial score (nSPS) is 9.85. The molecule has 0 aliphatic heterocycles. The molecule has 100 valence electrons. The van der Waals surface area contributed by atoms with E-state index in [0.29, 0.717) is 32.7 Å². The Hall–Kier alpha value is -1.83. The minimum atomic E-state index is 0.225. The van der Waals surface area contributed by atoms with Crippen molar-refractivity contribution in [3.8, 4) is 11.8 Å². The molecule has 2 rings (SSSR count). The van der Waals surface area contributed by atoms with E-state index in [9.17, 15) is 4.79 Å². The number of nitriles is 1. The number of carbonyl (C=O) groups excluding carboxylic acids is 1. The zero-order valence-electron chi connectivity index (χ0n) is 10.3. The smallest absolute Gasteiger partial charge is 0.152 e. The van der Waals surface area contributed by atoms with Gasteiger partial charge in [-0.05, 0) is 34.1 Å². The molecule has 0 heterocycles. The van der Waals surface area contributed by atoms with Crippen molar-refractivity contribution in [2.24, 2.45) is 0 Å². The molecule has 5 heteroatoms. The average Bonchev–Trinajstić information content (AvgIpc) is 2.46. The molecule has 2 aromatic rings. The number of halogens is 2. The SMILES string of the molecule is N#Cc1ccccc1COc1c(Cl)cc(C=O)cc1Br. The van der Waals surface area contributed by atoms with Gasteiger partial charge in [0.15, 0.2) is 5.75 Å². The van der Waals surface area contributed by atoms with Gasteiger partial charge in [0.25, 0.3) is 0 Å². The molecule has 0 atom stereocenters. The molecule has 0 unspecified atom stereocenters. The number of benzene rings is 2. The molecular formula is C15H9BrClNO2. The Kier molecular flexibility index (Phi) is 4.78. The quantitative estimate of drug-likeness (QED) is 0.770. The predicted molar refractivity (Wildman–Crippen MR) is 80.0 cm³/mol. The van der Waals surface area contributed by atoms with Crippen molar-refractivity contribution in [2.75, 3.05) is 0 Å². The summed E-state index contributed by atoms with van der Waals surface area (Å²) in [6.07, 6.45) is 0.714. The van der Waals surface area contributed by atoms with Gasteiger partial charge >= 0.3 is 0 Å². The lowest BCUT2D eigenvalue weighted by atomic mass is 10.1. The molecule has 0 saturated carbocycles. The van der Waals surface area contributed by atoms with E-state index in [1.165, 1.54) is 6.07 Å². The highest BCUT2D eigenvalue weighted by Crippen LogP contribution is 2.34. The van der Waals surface area contributed by atoms with Crippen molar-refractivity contribution >= 4 is 33.8 Å². The highest BCUT2D eigenvalue weighted by Gasteiger charge is 2.10. The summed E-state index contributed by atoms with van der Waals surface area (Å²) < 4.78 is 6.25. The van der Waals surface area contributed by atoms with Crippen LogP contribution in [-0.4, -0.2) is 6.29 Å². The summed E-state index contributed by atoms with van der Waals surface area (Å²) in [7, 11) is 0. The van der Waals surface area contributed by atoms with Crippen LogP contribution < -0.4 is 4.74 Å². The molecule has 0 saturated heterocycles. The number of hydrogen-bond acceptors (Lipinski definition) is 3. The van der Waals surface area contributed by atoms with Gasteiger partial charge in [0.1, 0.15) is 12.9 Å². The molecule has 0 N–H and O–H groups in total. The second kappa shape index (κ2) is 6.56. The molecule has 0 fully saturated rings. The minimum absolute atomic E-state index is 0.225. The van der Waals surface area contributed by atoms with Crippen LogP contribution in [0.3, 0.4) is 0 Å². The number of hydrogen-bond donors (Lipinski definition) is 0. The average molecular weight is 351 g/mol. The molecule has 0 amide bonds. The monoisotopic (exact) mass is 349 g/mol. The number of aldehydes is 1. The molecule has 0 radical (unpaired) electrons. The van der Waals surface area contributed by atoms with Crippen LogP contribution in [-0.2, 0) is 6.61 Å². The number of carbonyl (C=O) groups is 1. The maximum Gasteiger partial charge on any atom is 0.152 e. The first kappa shape index (κ1) is 14.6. The van der Waals surface area contributed by atoms with Crippen LogP contribution in [0.5, 0.6) is 5.75 Å². The summed E-state index contributed by atoms with van der Waals surface area (Å²) in [4.78, 5) is 10.7. The van der Waals surface area contributed by atoms with Gasteiger partial charge < -0.3 is 4.74 Å².